The number of aldehydes is 1. The number of pyridine rings is 2. The highest BCUT2D eigenvalue weighted by Gasteiger charge is 2.24. The van der Waals surface area contributed by atoms with Gasteiger partial charge in [-0.05, 0) is 42.0 Å². The molecule has 3 aromatic rings. The zero-order valence-electron chi connectivity index (χ0n) is 22.0. The SMILES string of the molecule is CC.CNc1ccc(-c2cnc(N)c(/C(=N/N)N(N)C3=CC=CCC(F)=C3F)c2)cc1.O=Cc1ccncc1. The Balaban J connectivity index is 0.000000451. The minimum absolute atomic E-state index is 0.0619. The summed E-state index contributed by atoms with van der Waals surface area (Å²) in [6, 6.07) is 12.6. The van der Waals surface area contributed by atoms with Crippen molar-refractivity contribution in [2.24, 2.45) is 16.8 Å². The summed E-state index contributed by atoms with van der Waals surface area (Å²) in [5.74, 6) is 9.56. The maximum Gasteiger partial charge on any atom is 0.180 e. The standard InChI is InChI=1S/C20H21F2N7.C6H5NO.C2H6/c1-26-14-8-6-12(7-9-14)13-10-15(19(23)27-11-13)20(28-24)29(25)17-5-3-2-4-16(21)18(17)22;8-5-6-1-3-7-4-2-6;1-2/h2-3,5-11,26H,4,24-25H2,1H3,(H2,23,27);1-5H;1-2H3/b28-20-;;. The van der Waals surface area contributed by atoms with Gasteiger partial charge in [-0.3, -0.25) is 14.8 Å². The summed E-state index contributed by atoms with van der Waals surface area (Å²) in [4.78, 5) is 17.9. The van der Waals surface area contributed by atoms with E-state index in [1.54, 1.807) is 36.8 Å². The third kappa shape index (κ3) is 8.04. The summed E-state index contributed by atoms with van der Waals surface area (Å²) in [6.07, 6.45) is 9.69. The molecule has 7 N–H and O–H groups in total. The van der Waals surface area contributed by atoms with E-state index >= 15 is 0 Å². The van der Waals surface area contributed by atoms with Gasteiger partial charge in [0.15, 0.2) is 11.7 Å². The predicted octanol–water partition coefficient (Wildman–Crippen LogP) is 5.08. The number of nitrogen functional groups attached to an aromatic ring is 1. The number of hydrogen-bond donors (Lipinski definition) is 4. The lowest BCUT2D eigenvalue weighted by Gasteiger charge is -2.23. The van der Waals surface area contributed by atoms with E-state index in [-0.39, 0.29) is 29.3 Å². The fourth-order valence-corrected chi connectivity index (χ4v) is 3.28. The molecule has 9 nitrogen and oxygen atoms in total. The average Bonchev–Trinajstić information content (AvgIpc) is 3.16. The highest BCUT2D eigenvalue weighted by molar-refractivity contribution is 6.04. The Bertz CT molecular complexity index is 1350. The van der Waals surface area contributed by atoms with Crippen LogP contribution in [0.1, 0.15) is 36.2 Å². The maximum absolute atomic E-state index is 14.4. The largest absolute Gasteiger partial charge is 0.388 e. The van der Waals surface area contributed by atoms with Gasteiger partial charge in [0.25, 0.3) is 0 Å². The number of anilines is 2. The Morgan fingerprint density at radius 3 is 2.33 bits per heavy atom. The first-order valence-electron chi connectivity index (χ1n) is 12.0. The average molecular weight is 535 g/mol. The highest BCUT2D eigenvalue weighted by atomic mass is 19.2. The van der Waals surface area contributed by atoms with Gasteiger partial charge in [-0.1, -0.05) is 38.1 Å². The first kappa shape index (κ1) is 30.3. The van der Waals surface area contributed by atoms with Crippen LogP contribution in [-0.2, 0) is 0 Å². The molecule has 0 fully saturated rings. The van der Waals surface area contributed by atoms with Crippen molar-refractivity contribution in [2.75, 3.05) is 18.1 Å². The fourth-order valence-electron chi connectivity index (χ4n) is 3.28. The fraction of sp³-hybridized carbons (Fsp3) is 0.143. The second-order valence-electron chi connectivity index (χ2n) is 7.61. The van der Waals surface area contributed by atoms with Crippen molar-refractivity contribution < 1.29 is 13.6 Å². The minimum Gasteiger partial charge on any atom is -0.388 e. The van der Waals surface area contributed by atoms with Crippen LogP contribution in [0.2, 0.25) is 0 Å². The molecule has 39 heavy (non-hydrogen) atoms. The molecule has 2 aromatic heterocycles. The minimum atomic E-state index is -1.09. The maximum atomic E-state index is 14.4. The van der Waals surface area contributed by atoms with Crippen molar-refractivity contribution in [3.05, 3.63) is 108 Å². The van der Waals surface area contributed by atoms with Gasteiger partial charge in [0.05, 0.1) is 11.3 Å². The van der Waals surface area contributed by atoms with E-state index in [4.69, 9.17) is 17.4 Å². The molecule has 204 valence electrons. The molecule has 0 aliphatic heterocycles. The quantitative estimate of drug-likeness (QED) is 0.116. The van der Waals surface area contributed by atoms with E-state index in [9.17, 15) is 13.6 Å². The molecule has 0 bridgehead atoms. The number of aromatic nitrogens is 2. The van der Waals surface area contributed by atoms with E-state index in [2.05, 4.69) is 20.4 Å². The molecule has 1 aliphatic rings. The summed E-state index contributed by atoms with van der Waals surface area (Å²) >= 11 is 0. The van der Waals surface area contributed by atoms with Gasteiger partial charge in [0.1, 0.15) is 17.9 Å². The van der Waals surface area contributed by atoms with Crippen LogP contribution in [0.25, 0.3) is 11.1 Å². The number of hydrazone groups is 1. The molecule has 1 aromatic carbocycles. The summed E-state index contributed by atoms with van der Waals surface area (Å²) < 4.78 is 28.3. The number of carbonyl (C=O) groups is 1. The zero-order valence-corrected chi connectivity index (χ0v) is 22.0. The Labute approximate surface area is 226 Å². The summed E-state index contributed by atoms with van der Waals surface area (Å²) in [7, 11) is 1.82. The van der Waals surface area contributed by atoms with Crippen LogP contribution < -0.4 is 22.7 Å². The Hall–Kier alpha value is -4.90. The molecule has 2 heterocycles. The highest BCUT2D eigenvalue weighted by Crippen LogP contribution is 2.28. The number of hydrogen-bond acceptors (Lipinski definition) is 8. The van der Waals surface area contributed by atoms with Gasteiger partial charge in [-0.2, -0.15) is 5.10 Å². The normalized spacial score (nSPS) is 12.7. The summed E-state index contributed by atoms with van der Waals surface area (Å²) in [6.45, 7) is 4.00. The molecule has 4 rings (SSSR count). The van der Waals surface area contributed by atoms with Gasteiger partial charge in [0, 0.05) is 48.9 Å². The molecular formula is C28H32F2N8O. The van der Waals surface area contributed by atoms with Crippen molar-refractivity contribution in [1.29, 1.82) is 0 Å². The van der Waals surface area contributed by atoms with Crippen molar-refractivity contribution in [1.82, 2.24) is 15.0 Å². The van der Waals surface area contributed by atoms with Crippen LogP contribution in [0.3, 0.4) is 0 Å². The first-order chi connectivity index (χ1) is 18.9. The van der Waals surface area contributed by atoms with Crippen LogP contribution in [0.5, 0.6) is 0 Å². The van der Waals surface area contributed by atoms with E-state index < -0.39 is 11.7 Å². The summed E-state index contributed by atoms with van der Waals surface area (Å²) in [5.41, 5.74) is 9.26. The smallest absolute Gasteiger partial charge is 0.180 e. The number of nitrogens with one attached hydrogen (secondary N) is 1. The topological polar surface area (TPSA) is 149 Å². The van der Waals surface area contributed by atoms with E-state index in [0.29, 0.717) is 5.56 Å². The molecule has 0 saturated carbocycles. The van der Waals surface area contributed by atoms with Gasteiger partial charge in [0.2, 0.25) is 0 Å². The Morgan fingerprint density at radius 2 is 1.77 bits per heavy atom. The van der Waals surface area contributed by atoms with Crippen molar-refractivity contribution in [3.63, 3.8) is 0 Å². The third-order valence-electron chi connectivity index (χ3n) is 5.27. The van der Waals surface area contributed by atoms with Crippen molar-refractivity contribution in [3.8, 4) is 11.1 Å². The summed E-state index contributed by atoms with van der Waals surface area (Å²) in [5, 5.41) is 7.55. The number of allylic oxidation sites excluding steroid dienone is 5. The third-order valence-corrected chi connectivity index (χ3v) is 5.27. The van der Waals surface area contributed by atoms with Crippen LogP contribution in [-0.4, -0.2) is 34.1 Å². The lowest BCUT2D eigenvalue weighted by atomic mass is 10.0. The first-order valence-corrected chi connectivity index (χ1v) is 12.0. The molecule has 0 amide bonds. The van der Waals surface area contributed by atoms with E-state index in [0.717, 1.165) is 28.1 Å². The number of nitrogens with zero attached hydrogens (tertiary/aromatic N) is 4. The Morgan fingerprint density at radius 1 is 1.10 bits per heavy atom. The molecular weight excluding hydrogens is 502 g/mol. The molecule has 1 aliphatic carbocycles. The van der Waals surface area contributed by atoms with Gasteiger partial charge in [-0.15, -0.1) is 0 Å². The van der Waals surface area contributed by atoms with Crippen molar-refractivity contribution >= 4 is 23.6 Å². The monoisotopic (exact) mass is 534 g/mol. The van der Waals surface area contributed by atoms with Gasteiger partial charge in [-0.25, -0.2) is 19.6 Å². The van der Waals surface area contributed by atoms with Gasteiger partial charge >= 0.3 is 0 Å². The molecule has 0 atom stereocenters. The number of halogens is 2. The molecule has 0 radical (unpaired) electrons. The van der Waals surface area contributed by atoms with E-state index in [1.165, 1.54) is 18.2 Å². The Kier molecular flexibility index (Phi) is 12.0. The molecule has 0 saturated heterocycles. The number of rotatable bonds is 5. The second-order valence-corrected chi connectivity index (χ2v) is 7.61. The number of hydrazine groups is 1. The van der Waals surface area contributed by atoms with Crippen LogP contribution >= 0.6 is 0 Å². The van der Waals surface area contributed by atoms with Crippen LogP contribution in [0.15, 0.2) is 102 Å². The number of benzene rings is 1. The van der Waals surface area contributed by atoms with Crippen molar-refractivity contribution in [2.45, 2.75) is 20.3 Å². The lowest BCUT2D eigenvalue weighted by Crippen LogP contribution is -2.39. The number of nitrogens with two attached hydrogens (primary N) is 3. The second kappa shape index (κ2) is 15.4. The van der Waals surface area contributed by atoms with Crippen LogP contribution in [0, 0.1) is 0 Å². The zero-order chi connectivity index (χ0) is 28.8. The van der Waals surface area contributed by atoms with Crippen LogP contribution in [0.4, 0.5) is 20.3 Å². The molecule has 0 unspecified atom stereocenters. The predicted molar refractivity (Wildman–Crippen MR) is 152 cm³/mol. The number of carbonyl (C=O) groups excluding carboxylic acids is 1. The molecule has 0 spiro atoms. The van der Waals surface area contributed by atoms with Gasteiger partial charge < -0.3 is 16.9 Å². The number of amidine groups is 1. The van der Waals surface area contributed by atoms with E-state index in [1.807, 2.05) is 45.2 Å². The molecule has 11 heteroatoms. The lowest BCUT2D eigenvalue weighted by molar-refractivity contribution is 0.112.